The van der Waals surface area contributed by atoms with Gasteiger partial charge in [-0.25, -0.2) is 4.79 Å². The molecule has 7 heteroatoms. The van der Waals surface area contributed by atoms with Gasteiger partial charge in [-0.2, -0.15) is 0 Å². The Bertz CT molecular complexity index is 835. The number of anilines is 1. The molecule has 1 aromatic heterocycles. The Morgan fingerprint density at radius 1 is 1.11 bits per heavy atom. The molecule has 2 aromatic rings. The number of carbonyl (C=O) groups is 2. The van der Waals surface area contributed by atoms with Gasteiger partial charge in [0.05, 0.1) is 19.2 Å². The second-order valence-corrected chi connectivity index (χ2v) is 8.13. The Balaban J connectivity index is 2.10. The number of methoxy groups -OCH3 is 2. The average molecular weight is 391 g/mol. The number of ether oxygens (including phenoxy) is 3. The van der Waals surface area contributed by atoms with Gasteiger partial charge in [-0.3, -0.25) is 4.79 Å². The van der Waals surface area contributed by atoms with Gasteiger partial charge in [0.25, 0.3) is 0 Å². The molecule has 0 aliphatic carbocycles. The van der Waals surface area contributed by atoms with Crippen molar-refractivity contribution in [1.82, 2.24) is 0 Å². The van der Waals surface area contributed by atoms with E-state index in [0.29, 0.717) is 26.9 Å². The molecule has 0 atom stereocenters. The highest BCUT2D eigenvalue weighted by molar-refractivity contribution is 7.18. The number of hydrogen-bond donors (Lipinski definition) is 1. The first-order valence-electron chi connectivity index (χ1n) is 8.45. The van der Waals surface area contributed by atoms with Crippen LogP contribution in [0.3, 0.4) is 0 Å². The second kappa shape index (κ2) is 8.43. The highest BCUT2D eigenvalue weighted by Crippen LogP contribution is 2.30. The smallest absolute Gasteiger partial charge is 0.348 e. The molecule has 6 nitrogen and oxygen atoms in total. The lowest BCUT2D eigenvalue weighted by Crippen LogP contribution is -2.27. The van der Waals surface area contributed by atoms with Gasteiger partial charge >= 0.3 is 5.97 Å². The molecule has 1 amide bonds. The van der Waals surface area contributed by atoms with E-state index in [1.807, 2.05) is 27.7 Å². The van der Waals surface area contributed by atoms with Gasteiger partial charge in [-0.05, 0) is 36.8 Å². The van der Waals surface area contributed by atoms with Crippen molar-refractivity contribution < 1.29 is 23.8 Å². The maximum atomic E-state index is 12.5. The lowest BCUT2D eigenvalue weighted by Gasteiger charge is -2.16. The summed E-state index contributed by atoms with van der Waals surface area (Å²) in [5.41, 5.74) is 0.953. The zero-order chi connectivity index (χ0) is 20.2. The molecule has 0 radical (unpaired) electrons. The topological polar surface area (TPSA) is 73.9 Å². The van der Waals surface area contributed by atoms with Gasteiger partial charge in [0.2, 0.25) is 5.91 Å². The van der Waals surface area contributed by atoms with E-state index in [0.717, 1.165) is 5.56 Å². The Hall–Kier alpha value is -2.54. The van der Waals surface area contributed by atoms with E-state index in [4.69, 9.17) is 14.2 Å². The van der Waals surface area contributed by atoms with Gasteiger partial charge in [-0.1, -0.05) is 20.8 Å². The Kier molecular flexibility index (Phi) is 6.49. The van der Waals surface area contributed by atoms with Crippen molar-refractivity contribution in [2.45, 2.75) is 34.3 Å². The number of carbonyl (C=O) groups excluding carboxylic acids is 2. The third-order valence-electron chi connectivity index (χ3n) is 3.87. The summed E-state index contributed by atoms with van der Waals surface area (Å²) in [6.07, 6.45) is 0. The zero-order valence-corrected chi connectivity index (χ0v) is 17.3. The van der Waals surface area contributed by atoms with E-state index in [1.165, 1.54) is 11.3 Å². The van der Waals surface area contributed by atoms with Crippen LogP contribution in [0.5, 0.6) is 11.5 Å². The highest BCUT2D eigenvalue weighted by atomic mass is 32.1. The van der Waals surface area contributed by atoms with Crippen molar-refractivity contribution in [2.24, 2.45) is 5.41 Å². The largest absolute Gasteiger partial charge is 0.497 e. The maximum absolute atomic E-state index is 12.5. The molecular formula is C20H25NO5S. The van der Waals surface area contributed by atoms with Crippen LogP contribution in [0.4, 0.5) is 5.00 Å². The van der Waals surface area contributed by atoms with E-state index in [1.54, 1.807) is 38.5 Å². The normalized spacial score (nSPS) is 11.0. The standard InChI is InChI=1S/C20H25NO5S/c1-12-9-16(21-19(23)20(2,3)4)27-17(12)18(22)26-11-13-10-14(24-5)7-8-15(13)25-6/h7-10H,11H2,1-6H3,(H,21,23). The van der Waals surface area contributed by atoms with Crippen LogP contribution in [-0.2, 0) is 16.1 Å². The summed E-state index contributed by atoms with van der Waals surface area (Å²) >= 11 is 1.20. The van der Waals surface area contributed by atoms with E-state index < -0.39 is 11.4 Å². The van der Waals surface area contributed by atoms with Crippen molar-refractivity contribution in [3.8, 4) is 11.5 Å². The fourth-order valence-corrected chi connectivity index (χ4v) is 3.21. The molecule has 0 saturated heterocycles. The first kappa shape index (κ1) is 20.8. The molecule has 0 spiro atoms. The van der Waals surface area contributed by atoms with Gasteiger partial charge in [-0.15, -0.1) is 11.3 Å². The molecule has 146 valence electrons. The third-order valence-corrected chi connectivity index (χ3v) is 5.00. The summed E-state index contributed by atoms with van der Waals surface area (Å²) in [4.78, 5) is 25.1. The number of aryl methyl sites for hydroxylation is 1. The Morgan fingerprint density at radius 3 is 2.41 bits per heavy atom. The molecule has 1 N–H and O–H groups in total. The van der Waals surface area contributed by atoms with Crippen LogP contribution in [0, 0.1) is 12.3 Å². The summed E-state index contributed by atoms with van der Waals surface area (Å²) in [6.45, 7) is 7.37. The van der Waals surface area contributed by atoms with Crippen molar-refractivity contribution in [1.29, 1.82) is 0 Å². The molecule has 1 aromatic carbocycles. The summed E-state index contributed by atoms with van der Waals surface area (Å²) < 4.78 is 15.9. The molecule has 0 aliphatic heterocycles. The van der Waals surface area contributed by atoms with Crippen molar-refractivity contribution >= 4 is 28.2 Å². The van der Waals surface area contributed by atoms with Crippen LogP contribution in [0.25, 0.3) is 0 Å². The first-order valence-corrected chi connectivity index (χ1v) is 9.27. The number of nitrogens with one attached hydrogen (secondary N) is 1. The van der Waals surface area contributed by atoms with Crippen molar-refractivity contribution in [3.63, 3.8) is 0 Å². The molecule has 27 heavy (non-hydrogen) atoms. The summed E-state index contributed by atoms with van der Waals surface area (Å²) in [5.74, 6) is 0.717. The number of esters is 1. The highest BCUT2D eigenvalue weighted by Gasteiger charge is 2.23. The first-order chi connectivity index (χ1) is 12.7. The van der Waals surface area contributed by atoms with E-state index >= 15 is 0 Å². The van der Waals surface area contributed by atoms with E-state index in [9.17, 15) is 9.59 Å². The fraction of sp³-hybridized carbons (Fsp3) is 0.400. The monoisotopic (exact) mass is 391 g/mol. The van der Waals surface area contributed by atoms with Crippen LogP contribution < -0.4 is 14.8 Å². The third kappa shape index (κ3) is 5.23. The minimum absolute atomic E-state index is 0.0558. The van der Waals surface area contributed by atoms with Crippen molar-refractivity contribution in [2.75, 3.05) is 19.5 Å². The van der Waals surface area contributed by atoms with Crippen LogP contribution >= 0.6 is 11.3 Å². The number of thiophene rings is 1. The van der Waals surface area contributed by atoms with Gasteiger partial charge in [0.15, 0.2) is 0 Å². The molecule has 0 bridgehead atoms. The lowest BCUT2D eigenvalue weighted by molar-refractivity contribution is -0.123. The average Bonchev–Trinajstić information content (AvgIpc) is 2.98. The molecule has 2 rings (SSSR count). The van der Waals surface area contributed by atoms with Crippen LogP contribution in [0.15, 0.2) is 24.3 Å². The number of amides is 1. The molecular weight excluding hydrogens is 366 g/mol. The SMILES string of the molecule is COc1ccc(OC)c(COC(=O)c2sc(NC(=O)C(C)(C)C)cc2C)c1. The molecule has 0 saturated carbocycles. The Morgan fingerprint density at radius 2 is 1.81 bits per heavy atom. The second-order valence-electron chi connectivity index (χ2n) is 7.08. The summed E-state index contributed by atoms with van der Waals surface area (Å²) in [7, 11) is 3.13. The number of benzene rings is 1. The van der Waals surface area contributed by atoms with Crippen LogP contribution in [0.1, 0.15) is 41.6 Å². The minimum atomic E-state index is -0.512. The maximum Gasteiger partial charge on any atom is 0.348 e. The zero-order valence-electron chi connectivity index (χ0n) is 16.5. The fourth-order valence-electron chi connectivity index (χ4n) is 2.25. The van der Waals surface area contributed by atoms with Crippen molar-refractivity contribution in [3.05, 3.63) is 40.3 Å². The van der Waals surface area contributed by atoms with E-state index in [-0.39, 0.29) is 12.5 Å². The summed E-state index contributed by atoms with van der Waals surface area (Å²) in [6, 6.07) is 7.08. The molecule has 0 unspecified atom stereocenters. The minimum Gasteiger partial charge on any atom is -0.497 e. The number of hydrogen-bond acceptors (Lipinski definition) is 6. The van der Waals surface area contributed by atoms with E-state index in [2.05, 4.69) is 5.32 Å². The summed E-state index contributed by atoms with van der Waals surface area (Å²) in [5, 5.41) is 3.46. The van der Waals surface area contributed by atoms with Gasteiger partial charge in [0.1, 0.15) is 23.0 Å². The quantitative estimate of drug-likeness (QED) is 0.738. The lowest BCUT2D eigenvalue weighted by atomic mass is 9.96. The van der Waals surface area contributed by atoms with Crippen LogP contribution in [-0.4, -0.2) is 26.1 Å². The number of rotatable bonds is 6. The predicted molar refractivity (Wildman–Crippen MR) is 106 cm³/mol. The molecule has 1 heterocycles. The molecule has 0 fully saturated rings. The van der Waals surface area contributed by atoms with Crippen LogP contribution in [0.2, 0.25) is 0 Å². The predicted octanol–water partition coefficient (Wildman–Crippen LogP) is 4.42. The van der Waals surface area contributed by atoms with Gasteiger partial charge in [0, 0.05) is 11.0 Å². The Labute approximate surface area is 163 Å². The molecule has 0 aliphatic rings. The van der Waals surface area contributed by atoms with Gasteiger partial charge < -0.3 is 19.5 Å².